The van der Waals surface area contributed by atoms with Crippen LogP contribution in [0, 0.1) is 0 Å². The molecule has 0 aliphatic carbocycles. The van der Waals surface area contributed by atoms with Crippen LogP contribution in [-0.4, -0.2) is 14.5 Å². The van der Waals surface area contributed by atoms with E-state index in [4.69, 9.17) is 0 Å². The molecule has 0 fully saturated rings. The zero-order valence-corrected chi connectivity index (χ0v) is 17.7. The van der Waals surface area contributed by atoms with E-state index in [1.54, 1.807) is 22.9 Å². The summed E-state index contributed by atoms with van der Waals surface area (Å²) in [5, 5.41) is 4.09. The molecule has 2 aromatic heterocycles. The highest BCUT2D eigenvalue weighted by atomic mass is 16.1. The molecule has 0 spiro atoms. The molecule has 0 saturated heterocycles. The van der Waals surface area contributed by atoms with Crippen molar-refractivity contribution in [3.63, 3.8) is 0 Å². The van der Waals surface area contributed by atoms with Gasteiger partial charge in [0.2, 0.25) is 5.95 Å². The van der Waals surface area contributed by atoms with Crippen molar-refractivity contribution in [2.75, 3.05) is 5.32 Å². The molecule has 158 valence electrons. The van der Waals surface area contributed by atoms with Gasteiger partial charge in [-0.2, -0.15) is 4.98 Å². The van der Waals surface area contributed by atoms with E-state index >= 15 is 0 Å². The number of pyridine rings is 1. The van der Waals surface area contributed by atoms with E-state index in [9.17, 15) is 4.79 Å². The summed E-state index contributed by atoms with van der Waals surface area (Å²) >= 11 is 0. The Morgan fingerprint density at radius 3 is 2.29 bits per heavy atom. The summed E-state index contributed by atoms with van der Waals surface area (Å²) in [6.45, 7) is 0.677. The number of nitrogens with one attached hydrogen (secondary N) is 1. The van der Waals surface area contributed by atoms with Gasteiger partial charge < -0.3 is 5.32 Å². The van der Waals surface area contributed by atoms with Gasteiger partial charge in [-0.25, -0.2) is 4.98 Å². The molecule has 0 unspecified atom stereocenters. The Morgan fingerprint density at radius 2 is 1.48 bits per heavy atom. The van der Waals surface area contributed by atoms with Crippen molar-refractivity contribution in [1.82, 2.24) is 14.5 Å². The van der Waals surface area contributed by atoms with Crippen LogP contribution < -0.4 is 10.9 Å². The summed E-state index contributed by atoms with van der Waals surface area (Å²) in [5.74, 6) is 0.499. The van der Waals surface area contributed by atoms with Crippen LogP contribution in [0.3, 0.4) is 0 Å². The highest BCUT2D eigenvalue weighted by molar-refractivity contribution is 5.75. The number of nitrogens with zero attached hydrogens (tertiary/aromatic N) is 3. The largest absolute Gasteiger partial charge is 0.324 e. The lowest BCUT2D eigenvalue weighted by Gasteiger charge is -2.11. The molecule has 31 heavy (non-hydrogen) atoms. The Morgan fingerprint density at radius 1 is 0.774 bits per heavy atom. The first-order valence-corrected chi connectivity index (χ1v) is 11.0. The van der Waals surface area contributed by atoms with Gasteiger partial charge in [-0.05, 0) is 43.0 Å². The molecule has 1 N–H and O–H groups in total. The Balaban J connectivity index is 1.33. The van der Waals surface area contributed by atoms with Crippen LogP contribution in [0.15, 0.2) is 83.8 Å². The predicted octanol–water partition coefficient (Wildman–Crippen LogP) is 5.73. The minimum atomic E-state index is -0.0130. The molecule has 5 heteroatoms. The number of anilines is 2. The van der Waals surface area contributed by atoms with Crippen molar-refractivity contribution >= 4 is 22.7 Å². The molecule has 0 aliphatic heterocycles. The molecular weight excluding hydrogens is 384 g/mol. The fraction of sp³-hybridized carbons (Fsp3) is 0.269. The van der Waals surface area contributed by atoms with Crippen molar-refractivity contribution in [3.8, 4) is 0 Å². The molecular formula is C26H28N4O. The maximum Gasteiger partial charge on any atom is 0.252 e. The second-order valence-electron chi connectivity index (χ2n) is 7.79. The molecule has 2 aromatic carbocycles. The van der Waals surface area contributed by atoms with Crippen molar-refractivity contribution in [2.24, 2.45) is 0 Å². The minimum absolute atomic E-state index is 0.0130. The highest BCUT2D eigenvalue weighted by Gasteiger charge is 2.07. The summed E-state index contributed by atoms with van der Waals surface area (Å²) < 4.78 is 1.77. The summed E-state index contributed by atoms with van der Waals surface area (Å²) in [7, 11) is 0. The maximum atomic E-state index is 12.5. The normalized spacial score (nSPS) is 11.0. The number of unbranched alkanes of at least 4 members (excludes halogenated alkanes) is 4. The van der Waals surface area contributed by atoms with E-state index in [1.807, 2.05) is 30.3 Å². The number of para-hydroxylation sites is 1. The van der Waals surface area contributed by atoms with Crippen LogP contribution in [0.4, 0.5) is 11.6 Å². The first-order valence-electron chi connectivity index (χ1n) is 11.0. The highest BCUT2D eigenvalue weighted by Crippen LogP contribution is 2.16. The molecule has 0 saturated carbocycles. The Kier molecular flexibility index (Phi) is 7.06. The zero-order valence-electron chi connectivity index (χ0n) is 17.7. The van der Waals surface area contributed by atoms with Gasteiger partial charge in [-0.3, -0.25) is 9.36 Å². The van der Waals surface area contributed by atoms with Crippen LogP contribution in [0.1, 0.15) is 37.7 Å². The maximum absolute atomic E-state index is 12.5. The van der Waals surface area contributed by atoms with E-state index < -0.39 is 0 Å². The number of rotatable bonds is 10. The lowest BCUT2D eigenvalue weighted by atomic mass is 10.1. The lowest BCUT2D eigenvalue weighted by Crippen LogP contribution is -2.20. The molecule has 0 aliphatic rings. The number of aromatic nitrogens is 3. The fourth-order valence-corrected chi connectivity index (χ4v) is 3.77. The first kappa shape index (κ1) is 20.8. The smallest absolute Gasteiger partial charge is 0.252 e. The van der Waals surface area contributed by atoms with E-state index in [0.29, 0.717) is 18.1 Å². The van der Waals surface area contributed by atoms with E-state index in [-0.39, 0.29) is 5.56 Å². The second-order valence-corrected chi connectivity index (χ2v) is 7.79. The Bertz CT molecular complexity index is 1160. The standard InChI is InChI=1S/C26H28N4O/c31-24-18-17-22-20-27-26(28-23-15-9-5-10-16-23)29-25(22)30(24)19-11-3-1-2-6-12-21-13-7-4-8-14-21/h4-5,7-10,13-18,20H,1-3,6,11-12,19H2,(H,27,28,29). The van der Waals surface area contributed by atoms with E-state index in [1.165, 1.54) is 24.8 Å². The first-order chi connectivity index (χ1) is 15.3. The minimum Gasteiger partial charge on any atom is -0.324 e. The third-order valence-electron chi connectivity index (χ3n) is 5.44. The van der Waals surface area contributed by atoms with Crippen molar-refractivity contribution in [1.29, 1.82) is 0 Å². The third kappa shape index (κ3) is 5.79. The third-order valence-corrected chi connectivity index (χ3v) is 5.44. The monoisotopic (exact) mass is 412 g/mol. The molecule has 0 bridgehead atoms. The van der Waals surface area contributed by atoms with Crippen LogP contribution in [0.2, 0.25) is 0 Å². The van der Waals surface area contributed by atoms with Gasteiger partial charge in [0.1, 0.15) is 5.65 Å². The van der Waals surface area contributed by atoms with Gasteiger partial charge in [-0.15, -0.1) is 0 Å². The molecule has 0 radical (unpaired) electrons. The van der Waals surface area contributed by atoms with E-state index in [0.717, 1.165) is 30.3 Å². The summed E-state index contributed by atoms with van der Waals surface area (Å²) in [6.07, 6.45) is 8.59. The Labute approximate surface area is 182 Å². The zero-order chi connectivity index (χ0) is 21.3. The number of hydrogen-bond donors (Lipinski definition) is 1. The molecule has 2 heterocycles. The van der Waals surface area contributed by atoms with Crippen molar-refractivity contribution in [3.05, 3.63) is 94.9 Å². The number of hydrogen-bond acceptors (Lipinski definition) is 4. The van der Waals surface area contributed by atoms with Crippen LogP contribution in [-0.2, 0) is 13.0 Å². The summed E-state index contributed by atoms with van der Waals surface area (Å²) in [6, 6.07) is 23.8. The molecule has 0 amide bonds. The van der Waals surface area contributed by atoms with Gasteiger partial charge in [0.05, 0.1) is 0 Å². The molecule has 0 atom stereocenters. The fourth-order valence-electron chi connectivity index (χ4n) is 3.77. The number of fused-ring (bicyclic) bond motifs is 1. The van der Waals surface area contributed by atoms with E-state index in [2.05, 4.69) is 45.6 Å². The van der Waals surface area contributed by atoms with Gasteiger partial charge >= 0.3 is 0 Å². The van der Waals surface area contributed by atoms with Gasteiger partial charge in [-0.1, -0.05) is 67.8 Å². The number of benzene rings is 2. The topological polar surface area (TPSA) is 59.8 Å². The average molecular weight is 413 g/mol. The summed E-state index contributed by atoms with van der Waals surface area (Å²) in [5.41, 5.74) is 3.00. The summed E-state index contributed by atoms with van der Waals surface area (Å²) in [4.78, 5) is 21.5. The van der Waals surface area contributed by atoms with Gasteiger partial charge in [0.25, 0.3) is 5.56 Å². The van der Waals surface area contributed by atoms with Crippen molar-refractivity contribution in [2.45, 2.75) is 45.1 Å². The second kappa shape index (κ2) is 10.5. The lowest BCUT2D eigenvalue weighted by molar-refractivity contribution is 0.559. The molecule has 4 rings (SSSR count). The van der Waals surface area contributed by atoms with Crippen LogP contribution in [0.25, 0.3) is 11.0 Å². The van der Waals surface area contributed by atoms with Crippen LogP contribution >= 0.6 is 0 Å². The Hall–Kier alpha value is -3.47. The average Bonchev–Trinajstić information content (AvgIpc) is 2.81. The SMILES string of the molecule is O=c1ccc2cnc(Nc3ccccc3)nc2n1CCCCCCCc1ccccc1. The molecule has 4 aromatic rings. The number of aryl methyl sites for hydroxylation is 2. The molecule has 5 nitrogen and oxygen atoms in total. The van der Waals surface area contributed by atoms with Crippen molar-refractivity contribution < 1.29 is 0 Å². The predicted molar refractivity (Wildman–Crippen MR) is 127 cm³/mol. The van der Waals surface area contributed by atoms with Gasteiger partial charge in [0, 0.05) is 29.9 Å². The van der Waals surface area contributed by atoms with Crippen LogP contribution in [0.5, 0.6) is 0 Å². The quantitative estimate of drug-likeness (QED) is 0.338. The van der Waals surface area contributed by atoms with Gasteiger partial charge in [0.15, 0.2) is 0 Å².